The Morgan fingerprint density at radius 2 is 2.12 bits per heavy atom. The second kappa shape index (κ2) is 5.83. The van der Waals surface area contributed by atoms with Gasteiger partial charge in [-0.1, -0.05) is 11.6 Å². The molecule has 0 radical (unpaired) electrons. The van der Waals surface area contributed by atoms with Gasteiger partial charge in [-0.2, -0.15) is 0 Å². The van der Waals surface area contributed by atoms with Crippen LogP contribution in [0.15, 0.2) is 16.6 Å². The van der Waals surface area contributed by atoms with Crippen LogP contribution in [0.4, 0.5) is 14.9 Å². The van der Waals surface area contributed by atoms with E-state index >= 15 is 0 Å². The first kappa shape index (κ1) is 13.7. The molecule has 0 aliphatic carbocycles. The molecule has 92 valence electrons. The van der Waals surface area contributed by atoms with Gasteiger partial charge in [-0.25, -0.2) is 9.18 Å². The maximum Gasteiger partial charge on any atom is 0.323 e. The number of nitrogens with one attached hydrogen (secondary N) is 2. The molecule has 1 aromatic carbocycles. The van der Waals surface area contributed by atoms with Crippen molar-refractivity contribution in [3.63, 3.8) is 0 Å². The van der Waals surface area contributed by atoms with E-state index in [0.29, 0.717) is 0 Å². The van der Waals surface area contributed by atoms with E-state index in [-0.39, 0.29) is 15.2 Å². The van der Waals surface area contributed by atoms with E-state index < -0.39 is 24.4 Å². The number of carbonyl (C=O) groups is 2. The van der Waals surface area contributed by atoms with E-state index in [4.69, 9.17) is 16.7 Å². The molecular weight excluding hydrogens is 318 g/mol. The average molecular weight is 326 g/mol. The second-order valence-corrected chi connectivity index (χ2v) is 4.21. The third kappa shape index (κ3) is 4.20. The van der Waals surface area contributed by atoms with E-state index in [2.05, 4.69) is 26.6 Å². The molecule has 0 heterocycles. The third-order valence-corrected chi connectivity index (χ3v) is 2.57. The molecule has 0 saturated heterocycles. The summed E-state index contributed by atoms with van der Waals surface area (Å²) in [5, 5.41) is 12.7. The Hall–Kier alpha value is -1.34. The topological polar surface area (TPSA) is 78.4 Å². The number of hydrogen-bond donors (Lipinski definition) is 3. The number of hydrogen-bond acceptors (Lipinski definition) is 2. The van der Waals surface area contributed by atoms with Gasteiger partial charge in [0.2, 0.25) is 0 Å². The molecule has 0 unspecified atom stereocenters. The fraction of sp³-hybridized carbons (Fsp3) is 0.111. The summed E-state index contributed by atoms with van der Waals surface area (Å²) < 4.78 is 13.1. The summed E-state index contributed by atoms with van der Waals surface area (Å²) in [4.78, 5) is 21.5. The van der Waals surface area contributed by atoms with Crippen molar-refractivity contribution < 1.29 is 19.1 Å². The highest BCUT2D eigenvalue weighted by atomic mass is 79.9. The molecule has 1 rings (SSSR count). The first-order valence-corrected chi connectivity index (χ1v) is 5.48. The molecule has 0 aliphatic rings. The van der Waals surface area contributed by atoms with Crippen molar-refractivity contribution in [2.45, 2.75) is 0 Å². The van der Waals surface area contributed by atoms with Crippen molar-refractivity contribution in [2.75, 3.05) is 11.9 Å². The normalized spacial score (nSPS) is 9.82. The van der Waals surface area contributed by atoms with Gasteiger partial charge >= 0.3 is 12.0 Å². The predicted octanol–water partition coefficient (Wildman–Crippen LogP) is 2.45. The number of anilines is 1. The zero-order valence-corrected chi connectivity index (χ0v) is 10.6. The lowest BCUT2D eigenvalue weighted by Crippen LogP contribution is -2.33. The Morgan fingerprint density at radius 3 is 2.65 bits per heavy atom. The predicted molar refractivity (Wildman–Crippen MR) is 63.8 cm³/mol. The highest BCUT2D eigenvalue weighted by molar-refractivity contribution is 9.10. The number of amides is 2. The molecule has 0 atom stereocenters. The van der Waals surface area contributed by atoms with Crippen molar-refractivity contribution >= 4 is 45.2 Å². The van der Waals surface area contributed by atoms with Crippen LogP contribution in [-0.2, 0) is 4.79 Å². The monoisotopic (exact) mass is 324 g/mol. The Labute approximate surface area is 109 Å². The maximum absolute atomic E-state index is 12.9. The van der Waals surface area contributed by atoms with E-state index in [1.54, 1.807) is 0 Å². The number of aliphatic carboxylic acids is 1. The zero-order chi connectivity index (χ0) is 13.0. The van der Waals surface area contributed by atoms with Crippen LogP contribution in [-0.4, -0.2) is 23.7 Å². The smallest absolute Gasteiger partial charge is 0.323 e. The minimum Gasteiger partial charge on any atom is -0.480 e. The number of rotatable bonds is 3. The first-order valence-electron chi connectivity index (χ1n) is 4.31. The highest BCUT2D eigenvalue weighted by Gasteiger charge is 2.11. The van der Waals surface area contributed by atoms with Gasteiger partial charge in [-0.05, 0) is 28.1 Å². The number of carboxylic acid groups (broad SMARTS) is 1. The van der Waals surface area contributed by atoms with Gasteiger partial charge in [0, 0.05) is 4.47 Å². The molecule has 5 nitrogen and oxygen atoms in total. The minimum atomic E-state index is -1.18. The lowest BCUT2D eigenvalue weighted by Gasteiger charge is -2.09. The molecule has 1 aromatic rings. The van der Waals surface area contributed by atoms with Crippen LogP contribution in [0.25, 0.3) is 0 Å². The van der Waals surface area contributed by atoms with Gasteiger partial charge < -0.3 is 15.7 Å². The molecule has 2 amide bonds. The molecule has 8 heteroatoms. The lowest BCUT2D eigenvalue weighted by atomic mass is 10.3. The number of halogens is 3. The van der Waals surface area contributed by atoms with Gasteiger partial charge in [-0.3, -0.25) is 4.79 Å². The van der Waals surface area contributed by atoms with Crippen molar-refractivity contribution in [3.05, 3.63) is 27.4 Å². The Kier molecular flexibility index (Phi) is 4.71. The van der Waals surface area contributed by atoms with Gasteiger partial charge in [-0.15, -0.1) is 0 Å². The van der Waals surface area contributed by atoms with Crippen LogP contribution in [0.1, 0.15) is 0 Å². The van der Waals surface area contributed by atoms with Crippen molar-refractivity contribution in [1.82, 2.24) is 5.32 Å². The van der Waals surface area contributed by atoms with E-state index in [0.717, 1.165) is 12.1 Å². The number of carbonyl (C=O) groups excluding carboxylic acids is 1. The van der Waals surface area contributed by atoms with Crippen LogP contribution < -0.4 is 10.6 Å². The average Bonchev–Trinajstić information content (AvgIpc) is 2.20. The van der Waals surface area contributed by atoms with Crippen molar-refractivity contribution in [1.29, 1.82) is 0 Å². The number of benzene rings is 1. The lowest BCUT2D eigenvalue weighted by molar-refractivity contribution is -0.135. The summed E-state index contributed by atoms with van der Waals surface area (Å²) in [6, 6.07) is 1.40. The molecule has 0 aliphatic heterocycles. The highest BCUT2D eigenvalue weighted by Crippen LogP contribution is 2.31. The summed E-state index contributed by atoms with van der Waals surface area (Å²) in [5.74, 6) is -1.73. The Bertz CT molecular complexity index is 447. The first-order chi connectivity index (χ1) is 7.90. The van der Waals surface area contributed by atoms with Gasteiger partial charge in [0.1, 0.15) is 12.4 Å². The fourth-order valence-electron chi connectivity index (χ4n) is 0.975. The van der Waals surface area contributed by atoms with Crippen LogP contribution in [0.5, 0.6) is 0 Å². The number of urea groups is 1. The maximum atomic E-state index is 12.9. The molecular formula is C9H7BrClFN2O3. The molecule has 0 spiro atoms. The van der Waals surface area contributed by atoms with Gasteiger partial charge in [0.25, 0.3) is 0 Å². The minimum absolute atomic E-state index is 0.00218. The molecule has 0 fully saturated rings. The summed E-state index contributed by atoms with van der Waals surface area (Å²) in [6.07, 6.45) is 0. The quantitative estimate of drug-likeness (QED) is 0.799. The summed E-state index contributed by atoms with van der Waals surface area (Å²) in [7, 11) is 0. The standard InChI is InChI=1S/C9H7BrClFN2O3/c10-5-1-4(12)2-6(11)8(5)14-9(17)13-3-7(15)16/h1-2H,3H2,(H,15,16)(H2,13,14,17). The molecule has 3 N–H and O–H groups in total. The molecule has 0 aromatic heterocycles. The van der Waals surface area contributed by atoms with Crippen LogP contribution in [0.3, 0.4) is 0 Å². The molecule has 0 saturated carbocycles. The van der Waals surface area contributed by atoms with Crippen LogP contribution in [0.2, 0.25) is 5.02 Å². The summed E-state index contributed by atoms with van der Waals surface area (Å²) >= 11 is 8.74. The van der Waals surface area contributed by atoms with Crippen molar-refractivity contribution in [3.8, 4) is 0 Å². The van der Waals surface area contributed by atoms with Crippen LogP contribution in [0, 0.1) is 5.82 Å². The van der Waals surface area contributed by atoms with Crippen molar-refractivity contribution in [2.24, 2.45) is 0 Å². The second-order valence-electron chi connectivity index (χ2n) is 2.95. The summed E-state index contributed by atoms with van der Waals surface area (Å²) in [5.41, 5.74) is 0.163. The Balaban J connectivity index is 2.75. The SMILES string of the molecule is O=C(O)CNC(=O)Nc1c(Cl)cc(F)cc1Br. The van der Waals surface area contributed by atoms with Gasteiger partial charge in [0.15, 0.2) is 0 Å². The third-order valence-electron chi connectivity index (χ3n) is 1.65. The Morgan fingerprint density at radius 1 is 1.47 bits per heavy atom. The van der Waals surface area contributed by atoms with Gasteiger partial charge in [0.05, 0.1) is 10.7 Å². The van der Waals surface area contributed by atoms with E-state index in [1.807, 2.05) is 0 Å². The fourth-order valence-corrected chi connectivity index (χ4v) is 1.87. The molecule has 0 bridgehead atoms. The zero-order valence-electron chi connectivity index (χ0n) is 8.26. The largest absolute Gasteiger partial charge is 0.480 e. The molecule has 17 heavy (non-hydrogen) atoms. The summed E-state index contributed by atoms with van der Waals surface area (Å²) in [6.45, 7) is -0.526. The van der Waals surface area contributed by atoms with Crippen LogP contribution >= 0.6 is 27.5 Å². The number of carboxylic acids is 1. The van der Waals surface area contributed by atoms with E-state index in [9.17, 15) is 14.0 Å². The van der Waals surface area contributed by atoms with E-state index in [1.165, 1.54) is 0 Å².